The number of Topliss-reactive ketones (excluding diaryl/α,β-unsaturated/α-hetero) is 1. The molecule has 0 fully saturated rings. The average Bonchev–Trinajstić information content (AvgIpc) is 2.94. The van der Waals surface area contributed by atoms with Gasteiger partial charge in [0.25, 0.3) is 0 Å². The van der Waals surface area contributed by atoms with Gasteiger partial charge in [-0.2, -0.15) is 0 Å². The molecule has 0 radical (unpaired) electrons. The van der Waals surface area contributed by atoms with E-state index >= 15 is 0 Å². The van der Waals surface area contributed by atoms with Gasteiger partial charge in [-0.3, -0.25) is 4.79 Å². The van der Waals surface area contributed by atoms with Crippen molar-refractivity contribution in [2.45, 2.75) is 26.8 Å². The Bertz CT molecular complexity index is 577. The molecule has 1 aromatic carbocycles. The number of imidazole rings is 1. The van der Waals surface area contributed by atoms with Crippen LogP contribution in [0.25, 0.3) is 0 Å². The first-order valence-corrected chi connectivity index (χ1v) is 6.85. The van der Waals surface area contributed by atoms with Crippen LogP contribution in [0, 0.1) is 11.2 Å². The Morgan fingerprint density at radius 3 is 2.67 bits per heavy atom. The number of rotatable bonds is 7. The molecule has 0 saturated carbocycles. The van der Waals surface area contributed by atoms with E-state index in [2.05, 4.69) is 4.98 Å². The number of nitrogens with zero attached hydrogens (tertiary/aromatic N) is 2. The lowest BCUT2D eigenvalue weighted by atomic mass is 9.84. The third-order valence-electron chi connectivity index (χ3n) is 3.45. The van der Waals surface area contributed by atoms with E-state index in [-0.39, 0.29) is 11.6 Å². The highest BCUT2D eigenvalue weighted by molar-refractivity contribution is 5.83. The highest BCUT2D eigenvalue weighted by atomic mass is 19.1. The van der Waals surface area contributed by atoms with Gasteiger partial charge in [0, 0.05) is 17.8 Å². The van der Waals surface area contributed by atoms with Crippen LogP contribution in [-0.4, -0.2) is 21.9 Å². The molecule has 112 valence electrons. The van der Waals surface area contributed by atoms with E-state index in [1.807, 2.05) is 13.8 Å². The lowest BCUT2D eigenvalue weighted by molar-refractivity contribution is -0.128. The fourth-order valence-corrected chi connectivity index (χ4v) is 1.85. The van der Waals surface area contributed by atoms with Gasteiger partial charge < -0.3 is 9.30 Å². The smallest absolute Gasteiger partial charge is 0.158 e. The Morgan fingerprint density at radius 1 is 1.33 bits per heavy atom. The van der Waals surface area contributed by atoms with Crippen molar-refractivity contribution in [3.8, 4) is 5.75 Å². The highest BCUT2D eigenvalue weighted by Crippen LogP contribution is 2.23. The van der Waals surface area contributed by atoms with Crippen molar-refractivity contribution in [1.29, 1.82) is 0 Å². The number of hydrogen-bond acceptors (Lipinski definition) is 3. The Hall–Kier alpha value is -2.17. The zero-order valence-electron chi connectivity index (χ0n) is 12.3. The molecule has 4 nitrogen and oxygen atoms in total. The molecule has 0 N–H and O–H groups in total. The number of ketones is 1. The van der Waals surface area contributed by atoms with Crippen molar-refractivity contribution in [3.63, 3.8) is 0 Å². The van der Waals surface area contributed by atoms with Crippen LogP contribution in [0.15, 0.2) is 43.0 Å². The van der Waals surface area contributed by atoms with Crippen molar-refractivity contribution in [1.82, 2.24) is 9.55 Å². The molecule has 0 spiro atoms. The number of halogens is 1. The predicted molar refractivity (Wildman–Crippen MR) is 77.5 cm³/mol. The zero-order chi connectivity index (χ0) is 15.3. The first kappa shape index (κ1) is 15.2. The maximum Gasteiger partial charge on any atom is 0.158 e. The van der Waals surface area contributed by atoms with Crippen LogP contribution in [0.2, 0.25) is 0 Å². The maximum atomic E-state index is 12.8. The SMILES string of the molecule is CC(C)(CCOc1ccc(F)cc1)C(=O)Cn1ccnc1. The van der Waals surface area contributed by atoms with Gasteiger partial charge in [-0.05, 0) is 30.7 Å². The molecular formula is C16H19FN2O2. The van der Waals surface area contributed by atoms with Gasteiger partial charge in [0.2, 0.25) is 0 Å². The van der Waals surface area contributed by atoms with Crippen molar-refractivity contribution >= 4 is 5.78 Å². The summed E-state index contributed by atoms with van der Waals surface area (Å²) in [4.78, 5) is 16.2. The van der Waals surface area contributed by atoms with Crippen molar-refractivity contribution in [2.24, 2.45) is 5.41 Å². The Kier molecular flexibility index (Phi) is 4.73. The van der Waals surface area contributed by atoms with Crippen molar-refractivity contribution in [3.05, 3.63) is 48.8 Å². The normalized spacial score (nSPS) is 11.4. The van der Waals surface area contributed by atoms with Crippen LogP contribution in [-0.2, 0) is 11.3 Å². The lowest BCUT2D eigenvalue weighted by Gasteiger charge is -2.23. The quantitative estimate of drug-likeness (QED) is 0.787. The molecule has 2 aromatic rings. The predicted octanol–water partition coefficient (Wildman–Crippen LogP) is 3.09. The van der Waals surface area contributed by atoms with Crippen LogP contribution >= 0.6 is 0 Å². The summed E-state index contributed by atoms with van der Waals surface area (Å²) in [6.45, 7) is 4.53. The van der Waals surface area contributed by atoms with E-state index in [1.165, 1.54) is 12.1 Å². The Morgan fingerprint density at radius 2 is 2.05 bits per heavy atom. The monoisotopic (exact) mass is 290 g/mol. The summed E-state index contributed by atoms with van der Waals surface area (Å²) in [5.41, 5.74) is -0.482. The fraction of sp³-hybridized carbons (Fsp3) is 0.375. The summed E-state index contributed by atoms with van der Waals surface area (Å²) in [5, 5.41) is 0. The van der Waals surface area contributed by atoms with Gasteiger partial charge in [0.05, 0.1) is 19.5 Å². The minimum atomic E-state index is -0.482. The molecular weight excluding hydrogens is 271 g/mol. The zero-order valence-corrected chi connectivity index (χ0v) is 12.3. The number of hydrogen-bond donors (Lipinski definition) is 0. The Balaban J connectivity index is 1.82. The Labute approximate surface area is 123 Å². The summed E-state index contributed by atoms with van der Waals surface area (Å²) >= 11 is 0. The summed E-state index contributed by atoms with van der Waals surface area (Å²) in [6, 6.07) is 5.86. The number of carbonyl (C=O) groups is 1. The van der Waals surface area contributed by atoms with Crippen LogP contribution in [0.5, 0.6) is 5.75 Å². The minimum absolute atomic E-state index is 0.128. The standard InChI is InChI=1S/C16H19FN2O2/c1-16(2,15(20)11-19-9-8-18-12-19)7-10-21-14-5-3-13(17)4-6-14/h3-6,8-9,12H,7,10-11H2,1-2H3. The van der Waals surface area contributed by atoms with Crippen LogP contribution in [0.1, 0.15) is 20.3 Å². The van der Waals surface area contributed by atoms with E-state index in [9.17, 15) is 9.18 Å². The largest absolute Gasteiger partial charge is 0.494 e. The third kappa shape index (κ3) is 4.41. The van der Waals surface area contributed by atoms with Gasteiger partial charge >= 0.3 is 0 Å². The van der Waals surface area contributed by atoms with Gasteiger partial charge in [-0.1, -0.05) is 13.8 Å². The first-order valence-electron chi connectivity index (χ1n) is 6.85. The van der Waals surface area contributed by atoms with Crippen molar-refractivity contribution in [2.75, 3.05) is 6.61 Å². The van der Waals surface area contributed by atoms with Gasteiger partial charge in [-0.15, -0.1) is 0 Å². The molecule has 1 aromatic heterocycles. The maximum absolute atomic E-state index is 12.8. The molecule has 2 rings (SSSR count). The molecule has 0 aliphatic rings. The molecule has 0 bridgehead atoms. The minimum Gasteiger partial charge on any atom is -0.494 e. The van der Waals surface area contributed by atoms with E-state index in [4.69, 9.17) is 4.74 Å². The van der Waals surface area contributed by atoms with Gasteiger partial charge in [0.1, 0.15) is 11.6 Å². The van der Waals surface area contributed by atoms with E-state index in [0.717, 1.165) is 0 Å². The van der Waals surface area contributed by atoms with E-state index in [1.54, 1.807) is 35.4 Å². The summed E-state index contributed by atoms with van der Waals surface area (Å²) in [5.74, 6) is 0.440. The molecule has 0 aliphatic carbocycles. The number of carbonyl (C=O) groups excluding carboxylic acids is 1. The van der Waals surface area contributed by atoms with Crippen LogP contribution < -0.4 is 4.74 Å². The topological polar surface area (TPSA) is 44.1 Å². The molecule has 5 heteroatoms. The highest BCUT2D eigenvalue weighted by Gasteiger charge is 2.27. The van der Waals surface area contributed by atoms with E-state index < -0.39 is 5.41 Å². The molecule has 0 atom stereocenters. The molecule has 0 amide bonds. The molecule has 0 saturated heterocycles. The summed E-state index contributed by atoms with van der Waals surface area (Å²) < 4.78 is 20.1. The van der Waals surface area contributed by atoms with E-state index in [0.29, 0.717) is 25.3 Å². The molecule has 21 heavy (non-hydrogen) atoms. The number of ether oxygens (including phenoxy) is 1. The van der Waals surface area contributed by atoms with Crippen LogP contribution in [0.4, 0.5) is 4.39 Å². The lowest BCUT2D eigenvalue weighted by Crippen LogP contribution is -2.29. The second kappa shape index (κ2) is 6.52. The van der Waals surface area contributed by atoms with Crippen LogP contribution in [0.3, 0.4) is 0 Å². The second-order valence-electron chi connectivity index (χ2n) is 5.59. The van der Waals surface area contributed by atoms with Gasteiger partial charge in [-0.25, -0.2) is 9.37 Å². The second-order valence-corrected chi connectivity index (χ2v) is 5.59. The summed E-state index contributed by atoms with van der Waals surface area (Å²) in [7, 11) is 0. The first-order chi connectivity index (χ1) is 9.97. The fourth-order valence-electron chi connectivity index (χ4n) is 1.85. The molecule has 1 heterocycles. The summed E-state index contributed by atoms with van der Waals surface area (Å²) in [6.07, 6.45) is 5.64. The number of aromatic nitrogens is 2. The number of benzene rings is 1. The molecule has 0 aliphatic heterocycles. The van der Waals surface area contributed by atoms with Gasteiger partial charge in [0.15, 0.2) is 5.78 Å². The third-order valence-corrected chi connectivity index (χ3v) is 3.45. The molecule has 0 unspecified atom stereocenters. The average molecular weight is 290 g/mol. The van der Waals surface area contributed by atoms with Crippen molar-refractivity contribution < 1.29 is 13.9 Å².